The number of rotatable bonds is 4. The van der Waals surface area contributed by atoms with Gasteiger partial charge in [-0.1, -0.05) is 6.92 Å². The van der Waals surface area contributed by atoms with E-state index in [2.05, 4.69) is 22.1 Å². The summed E-state index contributed by atoms with van der Waals surface area (Å²) in [4.78, 5) is 19.2. The van der Waals surface area contributed by atoms with E-state index in [0.717, 1.165) is 57.1 Å². The van der Waals surface area contributed by atoms with Gasteiger partial charge in [-0.05, 0) is 43.7 Å². The molecule has 1 atom stereocenters. The van der Waals surface area contributed by atoms with Gasteiger partial charge in [0.05, 0.1) is 11.7 Å². The van der Waals surface area contributed by atoms with Gasteiger partial charge in [0.15, 0.2) is 0 Å². The molecule has 2 fully saturated rings. The van der Waals surface area contributed by atoms with Crippen LogP contribution in [0.1, 0.15) is 43.0 Å². The van der Waals surface area contributed by atoms with Gasteiger partial charge >= 0.3 is 0 Å². The fraction of sp³-hybridized carbons (Fsp3) is 0.647. The first kappa shape index (κ1) is 15.3. The fourth-order valence-electron chi connectivity index (χ4n) is 3.15. The minimum absolute atomic E-state index is 0.0442. The molecule has 1 unspecified atom stereocenters. The maximum atomic E-state index is 12.5. The molecular formula is C17H25N3O2. The number of piperidine rings is 1. The molecule has 3 heterocycles. The molecule has 1 aromatic rings. The third-order valence-electron chi connectivity index (χ3n) is 4.63. The van der Waals surface area contributed by atoms with E-state index in [1.807, 2.05) is 12.1 Å². The maximum absolute atomic E-state index is 12.5. The number of hydrogen-bond acceptors (Lipinski definition) is 4. The van der Waals surface area contributed by atoms with Crippen molar-refractivity contribution in [2.75, 3.05) is 31.1 Å². The Hall–Kier alpha value is -1.62. The lowest BCUT2D eigenvalue weighted by atomic mass is 9.99. The van der Waals surface area contributed by atoms with Crippen molar-refractivity contribution in [2.24, 2.45) is 5.92 Å². The zero-order valence-corrected chi connectivity index (χ0v) is 13.3. The average Bonchev–Trinajstić information content (AvgIpc) is 3.07. The van der Waals surface area contributed by atoms with Crippen LogP contribution in [0.4, 0.5) is 5.82 Å². The van der Waals surface area contributed by atoms with E-state index in [1.54, 1.807) is 6.20 Å². The van der Waals surface area contributed by atoms with E-state index in [4.69, 9.17) is 4.74 Å². The Balaban J connectivity index is 1.66. The van der Waals surface area contributed by atoms with Gasteiger partial charge in [0.2, 0.25) is 0 Å². The normalized spacial score (nSPS) is 22.8. The van der Waals surface area contributed by atoms with Crippen molar-refractivity contribution in [3.63, 3.8) is 0 Å². The maximum Gasteiger partial charge on any atom is 0.255 e. The number of nitrogens with one attached hydrogen (secondary N) is 1. The number of carbonyl (C=O) groups is 1. The van der Waals surface area contributed by atoms with Gasteiger partial charge in [0.25, 0.3) is 5.91 Å². The van der Waals surface area contributed by atoms with E-state index in [1.165, 1.54) is 0 Å². The molecule has 0 aliphatic carbocycles. The molecule has 1 aromatic heterocycles. The zero-order chi connectivity index (χ0) is 15.4. The average molecular weight is 303 g/mol. The van der Waals surface area contributed by atoms with Gasteiger partial charge in [0.1, 0.15) is 5.82 Å². The SMILES string of the molecule is CC1CCN(c2ncccc2C(=O)NCC2CCCO2)CC1. The van der Waals surface area contributed by atoms with Gasteiger partial charge in [-0.25, -0.2) is 4.98 Å². The smallest absolute Gasteiger partial charge is 0.255 e. The summed E-state index contributed by atoms with van der Waals surface area (Å²) in [6, 6.07) is 3.70. The molecule has 5 heteroatoms. The number of aromatic nitrogens is 1. The van der Waals surface area contributed by atoms with Crippen molar-refractivity contribution in [3.05, 3.63) is 23.9 Å². The van der Waals surface area contributed by atoms with E-state index in [-0.39, 0.29) is 12.0 Å². The highest BCUT2D eigenvalue weighted by Gasteiger charge is 2.23. The van der Waals surface area contributed by atoms with Crippen LogP contribution in [0.5, 0.6) is 0 Å². The van der Waals surface area contributed by atoms with Crippen LogP contribution in [0.3, 0.4) is 0 Å². The lowest BCUT2D eigenvalue weighted by molar-refractivity contribution is 0.0858. The summed E-state index contributed by atoms with van der Waals surface area (Å²) in [5.41, 5.74) is 0.676. The van der Waals surface area contributed by atoms with Crippen molar-refractivity contribution in [1.29, 1.82) is 0 Å². The number of nitrogens with zero attached hydrogens (tertiary/aromatic N) is 2. The van der Waals surface area contributed by atoms with Crippen LogP contribution < -0.4 is 10.2 Å². The summed E-state index contributed by atoms with van der Waals surface area (Å²) in [7, 11) is 0. The Bertz CT molecular complexity index is 506. The number of hydrogen-bond donors (Lipinski definition) is 1. The van der Waals surface area contributed by atoms with Gasteiger partial charge in [0, 0.05) is 32.4 Å². The number of amides is 1. The molecular weight excluding hydrogens is 278 g/mol. The molecule has 0 aromatic carbocycles. The van der Waals surface area contributed by atoms with E-state index < -0.39 is 0 Å². The van der Waals surface area contributed by atoms with Crippen LogP contribution in [0, 0.1) is 5.92 Å². The Morgan fingerprint density at radius 3 is 2.95 bits per heavy atom. The Morgan fingerprint density at radius 2 is 2.23 bits per heavy atom. The van der Waals surface area contributed by atoms with Crippen molar-refractivity contribution in [3.8, 4) is 0 Å². The molecule has 0 saturated carbocycles. The lowest BCUT2D eigenvalue weighted by Gasteiger charge is -2.32. The predicted molar refractivity (Wildman–Crippen MR) is 86.2 cm³/mol. The van der Waals surface area contributed by atoms with E-state index in [0.29, 0.717) is 12.1 Å². The monoisotopic (exact) mass is 303 g/mol. The van der Waals surface area contributed by atoms with Crippen molar-refractivity contribution in [2.45, 2.75) is 38.7 Å². The molecule has 120 valence electrons. The van der Waals surface area contributed by atoms with Gasteiger partial charge in [-0.3, -0.25) is 4.79 Å². The number of pyridine rings is 1. The Labute approximate surface area is 132 Å². The number of ether oxygens (including phenoxy) is 1. The van der Waals surface area contributed by atoms with Crippen LogP contribution in [0.2, 0.25) is 0 Å². The van der Waals surface area contributed by atoms with Crippen LogP contribution in [-0.4, -0.2) is 43.2 Å². The molecule has 2 aliphatic rings. The minimum atomic E-state index is -0.0442. The van der Waals surface area contributed by atoms with Crippen LogP contribution >= 0.6 is 0 Å². The minimum Gasteiger partial charge on any atom is -0.376 e. The molecule has 2 aliphatic heterocycles. The summed E-state index contributed by atoms with van der Waals surface area (Å²) in [5.74, 6) is 1.54. The van der Waals surface area contributed by atoms with Gasteiger partial charge < -0.3 is 15.0 Å². The van der Waals surface area contributed by atoms with Crippen molar-refractivity contribution in [1.82, 2.24) is 10.3 Å². The lowest BCUT2D eigenvalue weighted by Crippen LogP contribution is -2.37. The third-order valence-corrected chi connectivity index (χ3v) is 4.63. The van der Waals surface area contributed by atoms with Crippen molar-refractivity contribution >= 4 is 11.7 Å². The quantitative estimate of drug-likeness (QED) is 0.927. The van der Waals surface area contributed by atoms with Crippen molar-refractivity contribution < 1.29 is 9.53 Å². The zero-order valence-electron chi connectivity index (χ0n) is 13.3. The highest BCUT2D eigenvalue weighted by atomic mass is 16.5. The molecule has 1 amide bonds. The largest absolute Gasteiger partial charge is 0.376 e. The summed E-state index contributed by atoms with van der Waals surface area (Å²) in [6.45, 7) is 5.63. The highest BCUT2D eigenvalue weighted by molar-refractivity contribution is 5.98. The predicted octanol–water partition coefficient (Wildman–Crippen LogP) is 2.23. The summed E-state index contributed by atoms with van der Waals surface area (Å²) >= 11 is 0. The van der Waals surface area contributed by atoms with E-state index >= 15 is 0 Å². The van der Waals surface area contributed by atoms with Crippen LogP contribution in [-0.2, 0) is 4.74 Å². The van der Waals surface area contributed by atoms with Gasteiger partial charge in [-0.15, -0.1) is 0 Å². The molecule has 5 nitrogen and oxygen atoms in total. The van der Waals surface area contributed by atoms with Crippen LogP contribution in [0.25, 0.3) is 0 Å². The molecule has 2 saturated heterocycles. The molecule has 1 N–H and O–H groups in total. The first-order chi connectivity index (χ1) is 10.7. The molecule has 0 spiro atoms. The first-order valence-electron chi connectivity index (χ1n) is 8.34. The second-order valence-electron chi connectivity index (χ2n) is 6.39. The third kappa shape index (κ3) is 3.58. The Morgan fingerprint density at radius 1 is 1.41 bits per heavy atom. The molecule has 0 bridgehead atoms. The standard InChI is InChI=1S/C17H25N3O2/c1-13-6-9-20(10-7-13)16-15(5-2-8-18-16)17(21)19-12-14-4-3-11-22-14/h2,5,8,13-14H,3-4,6-7,9-12H2,1H3,(H,19,21). The summed E-state index contributed by atoms with van der Waals surface area (Å²) in [5, 5.41) is 3.00. The van der Waals surface area contributed by atoms with Gasteiger partial charge in [-0.2, -0.15) is 0 Å². The number of carbonyl (C=O) groups excluding carboxylic acids is 1. The first-order valence-corrected chi connectivity index (χ1v) is 8.34. The topological polar surface area (TPSA) is 54.5 Å². The number of anilines is 1. The molecule has 0 radical (unpaired) electrons. The Kier molecular flexibility index (Phi) is 4.93. The fourth-order valence-corrected chi connectivity index (χ4v) is 3.15. The molecule has 22 heavy (non-hydrogen) atoms. The highest BCUT2D eigenvalue weighted by Crippen LogP contribution is 2.24. The summed E-state index contributed by atoms with van der Waals surface area (Å²) < 4.78 is 5.56. The van der Waals surface area contributed by atoms with E-state index in [9.17, 15) is 4.79 Å². The summed E-state index contributed by atoms with van der Waals surface area (Å²) in [6.07, 6.45) is 6.38. The van der Waals surface area contributed by atoms with Crippen LogP contribution in [0.15, 0.2) is 18.3 Å². The second-order valence-corrected chi connectivity index (χ2v) is 6.39. The second kappa shape index (κ2) is 7.09. The molecule has 3 rings (SSSR count).